The molecule has 0 saturated heterocycles. The molecule has 0 heteroatoms. The molecule has 1 aliphatic carbocycles. The van der Waals surface area contributed by atoms with Crippen molar-refractivity contribution in [3.05, 3.63) is 83.9 Å². The summed E-state index contributed by atoms with van der Waals surface area (Å²) in [5.74, 6) is 0. The van der Waals surface area contributed by atoms with Crippen molar-refractivity contribution < 1.29 is 0 Å². The van der Waals surface area contributed by atoms with Crippen LogP contribution in [0.15, 0.2) is 72.8 Å². The van der Waals surface area contributed by atoms with E-state index in [0.29, 0.717) is 0 Å². The Morgan fingerprint density at radius 1 is 0.455 bits per heavy atom. The Morgan fingerprint density at radius 2 is 1.14 bits per heavy atom. The van der Waals surface area contributed by atoms with Gasteiger partial charge >= 0.3 is 0 Å². The van der Waals surface area contributed by atoms with Gasteiger partial charge in [-0.1, -0.05) is 84.9 Å². The summed E-state index contributed by atoms with van der Waals surface area (Å²) < 4.78 is 0. The fourth-order valence-electron chi connectivity index (χ4n) is 3.58. The van der Waals surface area contributed by atoms with Crippen LogP contribution in [0.2, 0.25) is 0 Å². The van der Waals surface area contributed by atoms with Crippen LogP contribution in [-0.2, 0) is 0 Å². The maximum atomic E-state index is 2.25. The molecule has 0 N–H and O–H groups in total. The first kappa shape index (κ1) is 11.8. The van der Waals surface area contributed by atoms with Gasteiger partial charge in [-0.05, 0) is 43.8 Å². The lowest BCUT2D eigenvalue weighted by molar-refractivity contribution is 1.63. The van der Waals surface area contributed by atoms with Crippen molar-refractivity contribution in [3.8, 4) is 11.1 Å². The summed E-state index contributed by atoms with van der Waals surface area (Å²) >= 11 is 0. The molecule has 1 aliphatic rings. The molecule has 0 unspecified atom stereocenters. The molecule has 0 atom stereocenters. The van der Waals surface area contributed by atoms with E-state index in [9.17, 15) is 0 Å². The summed E-state index contributed by atoms with van der Waals surface area (Å²) in [5.41, 5.74) is 5.37. The van der Waals surface area contributed by atoms with Crippen molar-refractivity contribution in [1.82, 2.24) is 0 Å². The largest absolute Gasteiger partial charge is 0.0622 e. The van der Waals surface area contributed by atoms with Crippen LogP contribution in [0.1, 0.15) is 11.1 Å². The zero-order chi connectivity index (χ0) is 14.5. The van der Waals surface area contributed by atoms with Crippen LogP contribution in [0, 0.1) is 0 Å². The summed E-state index contributed by atoms with van der Waals surface area (Å²) in [6.45, 7) is 0. The van der Waals surface area contributed by atoms with Crippen molar-refractivity contribution >= 4 is 33.7 Å². The van der Waals surface area contributed by atoms with E-state index in [1.54, 1.807) is 0 Å². The maximum Gasteiger partial charge on any atom is -0.00204 e. The van der Waals surface area contributed by atoms with Gasteiger partial charge < -0.3 is 0 Å². The minimum absolute atomic E-state index is 1.28. The molecule has 4 aromatic rings. The lowest BCUT2D eigenvalue weighted by atomic mass is 9.83. The Balaban J connectivity index is 2.00. The van der Waals surface area contributed by atoms with E-state index in [2.05, 4.69) is 84.9 Å². The van der Waals surface area contributed by atoms with Crippen LogP contribution in [0.5, 0.6) is 0 Å². The van der Waals surface area contributed by atoms with Gasteiger partial charge in [0, 0.05) is 0 Å². The van der Waals surface area contributed by atoms with Crippen molar-refractivity contribution in [2.45, 2.75) is 0 Å². The van der Waals surface area contributed by atoms with Crippen LogP contribution >= 0.6 is 0 Å². The van der Waals surface area contributed by atoms with E-state index in [0.717, 1.165) is 0 Å². The second-order valence-electron chi connectivity index (χ2n) is 5.80. The van der Waals surface area contributed by atoms with E-state index in [1.807, 2.05) is 0 Å². The molecule has 0 radical (unpaired) electrons. The predicted octanol–water partition coefficient (Wildman–Crippen LogP) is 6.14. The molecule has 0 spiro atoms. The summed E-state index contributed by atoms with van der Waals surface area (Å²) in [5, 5.41) is 5.43. The van der Waals surface area contributed by atoms with E-state index in [1.165, 1.54) is 43.8 Å². The number of hydrogen-bond acceptors (Lipinski definition) is 0. The first-order chi connectivity index (χ1) is 10.9. The van der Waals surface area contributed by atoms with Gasteiger partial charge in [0.05, 0.1) is 0 Å². The minimum Gasteiger partial charge on any atom is -0.0622 e. The van der Waals surface area contributed by atoms with Crippen LogP contribution in [0.4, 0.5) is 0 Å². The highest BCUT2D eigenvalue weighted by molar-refractivity contribution is 6.22. The average molecular weight is 278 g/mol. The number of fused-ring (bicyclic) bond motifs is 6. The number of hydrogen-bond donors (Lipinski definition) is 0. The smallest absolute Gasteiger partial charge is 0.00204 e. The van der Waals surface area contributed by atoms with Crippen LogP contribution in [-0.4, -0.2) is 0 Å². The van der Waals surface area contributed by atoms with E-state index in [4.69, 9.17) is 0 Å². The molecule has 5 rings (SSSR count). The molecule has 0 bridgehead atoms. The molecule has 0 heterocycles. The lowest BCUT2D eigenvalue weighted by Crippen LogP contribution is -1.96. The maximum absolute atomic E-state index is 2.25. The zero-order valence-corrected chi connectivity index (χ0v) is 12.1. The van der Waals surface area contributed by atoms with Gasteiger partial charge in [-0.15, -0.1) is 0 Å². The topological polar surface area (TPSA) is 0 Å². The second kappa shape index (κ2) is 4.32. The van der Waals surface area contributed by atoms with E-state index >= 15 is 0 Å². The highest BCUT2D eigenvalue weighted by Gasteiger charge is 2.18. The van der Waals surface area contributed by atoms with E-state index in [-0.39, 0.29) is 0 Å². The van der Waals surface area contributed by atoms with Gasteiger partial charge in [0.25, 0.3) is 0 Å². The molecular weight excluding hydrogens is 264 g/mol. The molecule has 0 amide bonds. The van der Waals surface area contributed by atoms with Crippen LogP contribution in [0.3, 0.4) is 0 Å². The van der Waals surface area contributed by atoms with Crippen molar-refractivity contribution in [2.24, 2.45) is 0 Å². The van der Waals surface area contributed by atoms with Gasteiger partial charge in [-0.3, -0.25) is 0 Å². The first-order valence-electron chi connectivity index (χ1n) is 7.64. The highest BCUT2D eigenvalue weighted by atomic mass is 14.2. The average Bonchev–Trinajstić information content (AvgIpc) is 2.55. The summed E-state index contributed by atoms with van der Waals surface area (Å²) in [6.07, 6.45) is 4.48. The molecule has 4 aromatic carbocycles. The molecular formula is C22H14. The summed E-state index contributed by atoms with van der Waals surface area (Å²) in [7, 11) is 0. The SMILES string of the molecule is C1=Cc2c1c1ccccc1c1cccc(-c3ccccc3)c21. The molecule has 0 aromatic heterocycles. The first-order valence-corrected chi connectivity index (χ1v) is 7.64. The third kappa shape index (κ3) is 1.47. The normalized spacial score (nSPS) is 12.4. The molecule has 0 aliphatic heterocycles. The van der Waals surface area contributed by atoms with Gasteiger partial charge in [0.15, 0.2) is 0 Å². The van der Waals surface area contributed by atoms with Gasteiger partial charge in [0.1, 0.15) is 0 Å². The fourth-order valence-corrected chi connectivity index (χ4v) is 3.58. The Labute approximate surface area is 129 Å². The minimum atomic E-state index is 1.28. The highest BCUT2D eigenvalue weighted by Crippen LogP contribution is 2.43. The Bertz CT molecular complexity index is 1050. The van der Waals surface area contributed by atoms with Crippen molar-refractivity contribution in [2.75, 3.05) is 0 Å². The third-order valence-corrected chi connectivity index (χ3v) is 4.63. The number of benzene rings is 4. The summed E-state index contributed by atoms with van der Waals surface area (Å²) in [6, 6.07) is 26.0. The zero-order valence-electron chi connectivity index (χ0n) is 12.1. The molecule has 0 saturated carbocycles. The lowest BCUT2D eigenvalue weighted by Gasteiger charge is -2.20. The van der Waals surface area contributed by atoms with Crippen LogP contribution in [0.25, 0.3) is 44.8 Å². The van der Waals surface area contributed by atoms with Gasteiger partial charge in [-0.2, -0.15) is 0 Å². The molecule has 0 fully saturated rings. The van der Waals surface area contributed by atoms with E-state index < -0.39 is 0 Å². The second-order valence-corrected chi connectivity index (χ2v) is 5.80. The third-order valence-electron chi connectivity index (χ3n) is 4.63. The standard InChI is InChI=1S/C22H14/c1-2-7-15(8-3-1)16-11-6-12-20-18-10-5-4-9-17(18)19-13-14-21(19)22(16)20/h1-14H. The van der Waals surface area contributed by atoms with Crippen LogP contribution < -0.4 is 0 Å². The fraction of sp³-hybridized carbons (Fsp3) is 0. The monoisotopic (exact) mass is 278 g/mol. The predicted molar refractivity (Wildman–Crippen MR) is 95.8 cm³/mol. The van der Waals surface area contributed by atoms with Crippen molar-refractivity contribution in [3.63, 3.8) is 0 Å². The summed E-state index contributed by atoms with van der Waals surface area (Å²) in [4.78, 5) is 0. The van der Waals surface area contributed by atoms with Gasteiger partial charge in [0.2, 0.25) is 0 Å². The Hall–Kier alpha value is -2.86. The molecule has 22 heavy (non-hydrogen) atoms. The Kier molecular flexibility index (Phi) is 2.31. The van der Waals surface area contributed by atoms with Crippen molar-refractivity contribution in [1.29, 1.82) is 0 Å². The van der Waals surface area contributed by atoms with Gasteiger partial charge in [-0.25, -0.2) is 0 Å². The quantitative estimate of drug-likeness (QED) is 0.323. The number of rotatable bonds is 1. The molecule has 0 nitrogen and oxygen atoms in total. The molecule has 102 valence electrons. The Morgan fingerprint density at radius 3 is 1.91 bits per heavy atom.